The van der Waals surface area contributed by atoms with Crippen LogP contribution in [0.5, 0.6) is 0 Å². The molecule has 3 rings (SSSR count). The molecule has 0 aliphatic carbocycles. The van der Waals surface area contributed by atoms with Crippen molar-refractivity contribution in [1.82, 2.24) is 10.1 Å². The molecule has 0 saturated heterocycles. The van der Waals surface area contributed by atoms with Crippen LogP contribution in [0.4, 0.5) is 0 Å². The van der Waals surface area contributed by atoms with E-state index in [0.717, 1.165) is 5.56 Å². The van der Waals surface area contributed by atoms with Gasteiger partial charge < -0.3 is 9.26 Å². The Kier molecular flexibility index (Phi) is 4.65. The molecule has 1 aromatic carbocycles. The molecule has 0 bridgehead atoms. The molecule has 130 valence electrons. The summed E-state index contributed by atoms with van der Waals surface area (Å²) >= 11 is 0. The van der Waals surface area contributed by atoms with Crippen LogP contribution in [0.1, 0.15) is 50.6 Å². The predicted molar refractivity (Wildman–Crippen MR) is 86.8 cm³/mol. The van der Waals surface area contributed by atoms with Crippen molar-refractivity contribution in [2.24, 2.45) is 0 Å². The number of amides is 2. The summed E-state index contributed by atoms with van der Waals surface area (Å²) in [5.74, 6) is -0.567. The van der Waals surface area contributed by atoms with E-state index in [2.05, 4.69) is 5.16 Å². The normalized spacial score (nSPS) is 13.3. The van der Waals surface area contributed by atoms with Gasteiger partial charge in [-0.15, -0.1) is 0 Å². The number of benzene rings is 1. The lowest BCUT2D eigenvalue weighted by Crippen LogP contribution is -2.31. The highest BCUT2D eigenvalue weighted by atomic mass is 16.5. The molecule has 0 saturated carbocycles. The Balaban J connectivity index is 1.48. The number of carbonyl (C=O) groups excluding carboxylic acids is 3. The quantitative estimate of drug-likeness (QED) is 0.591. The van der Waals surface area contributed by atoms with E-state index in [1.807, 2.05) is 6.92 Å². The molecule has 7 nitrogen and oxygen atoms in total. The molecule has 7 heteroatoms. The number of hydrogen-bond donors (Lipinski definition) is 0. The van der Waals surface area contributed by atoms with Crippen LogP contribution < -0.4 is 0 Å². The van der Waals surface area contributed by atoms with Gasteiger partial charge in [-0.3, -0.25) is 19.3 Å². The molecule has 1 aliphatic heterocycles. The zero-order valence-corrected chi connectivity index (χ0v) is 14.1. The third-order valence-corrected chi connectivity index (χ3v) is 3.94. The van der Waals surface area contributed by atoms with Gasteiger partial charge in [0.05, 0.1) is 16.8 Å². The van der Waals surface area contributed by atoms with Gasteiger partial charge in [-0.2, -0.15) is 0 Å². The lowest BCUT2D eigenvalue weighted by Gasteiger charge is -2.13. The highest BCUT2D eigenvalue weighted by Crippen LogP contribution is 2.24. The predicted octanol–water partition coefficient (Wildman–Crippen LogP) is 2.41. The van der Waals surface area contributed by atoms with Crippen LogP contribution >= 0.6 is 0 Å². The zero-order chi connectivity index (χ0) is 18.0. The van der Waals surface area contributed by atoms with Crippen molar-refractivity contribution in [1.29, 1.82) is 0 Å². The number of aryl methyl sites for hydroxylation is 2. The maximum atomic E-state index is 12.3. The Morgan fingerprint density at radius 1 is 1.16 bits per heavy atom. The van der Waals surface area contributed by atoms with Crippen molar-refractivity contribution < 1.29 is 23.6 Å². The van der Waals surface area contributed by atoms with Gasteiger partial charge in [-0.1, -0.05) is 16.8 Å². The second-order valence-electron chi connectivity index (χ2n) is 6.01. The molecule has 0 N–H and O–H groups in total. The molecule has 0 fully saturated rings. The van der Waals surface area contributed by atoms with Crippen molar-refractivity contribution >= 4 is 17.8 Å². The van der Waals surface area contributed by atoms with Crippen LogP contribution in [0.15, 0.2) is 28.8 Å². The molecule has 0 spiro atoms. The number of fused-ring (bicyclic) bond motifs is 1. The van der Waals surface area contributed by atoms with Crippen molar-refractivity contribution in [2.45, 2.75) is 33.3 Å². The Hall–Kier alpha value is -2.96. The van der Waals surface area contributed by atoms with Crippen LogP contribution in [0, 0.1) is 13.8 Å². The topological polar surface area (TPSA) is 89.7 Å². The van der Waals surface area contributed by atoms with Crippen molar-refractivity contribution in [3.63, 3.8) is 0 Å². The fraction of sp³-hybridized carbons (Fsp3) is 0.333. The third-order valence-electron chi connectivity index (χ3n) is 3.94. The summed E-state index contributed by atoms with van der Waals surface area (Å²) in [5.41, 5.74) is 2.48. The third kappa shape index (κ3) is 3.60. The van der Waals surface area contributed by atoms with Crippen LogP contribution in [-0.2, 0) is 16.1 Å². The fourth-order valence-corrected chi connectivity index (χ4v) is 2.70. The fourth-order valence-electron chi connectivity index (χ4n) is 2.70. The molecule has 25 heavy (non-hydrogen) atoms. The summed E-state index contributed by atoms with van der Waals surface area (Å²) in [6.45, 7) is 3.85. The molecular formula is C18H18N2O5. The SMILES string of the molecule is Cc1ccc2c(c1)C(=O)N(CCCC(=O)OCc1cc(C)no1)C2=O. The first-order valence-electron chi connectivity index (χ1n) is 8.00. The molecule has 0 unspecified atom stereocenters. The monoisotopic (exact) mass is 342 g/mol. The van der Waals surface area contributed by atoms with E-state index in [4.69, 9.17) is 9.26 Å². The standard InChI is InChI=1S/C18H18N2O5/c1-11-5-6-14-15(8-11)18(23)20(17(14)22)7-3-4-16(21)24-10-13-9-12(2)19-25-13/h5-6,8-9H,3-4,7,10H2,1-2H3. The molecule has 1 aromatic heterocycles. The second kappa shape index (κ2) is 6.88. The number of esters is 1. The molecular weight excluding hydrogens is 324 g/mol. The van der Waals surface area contributed by atoms with Gasteiger partial charge in [0, 0.05) is 19.0 Å². The lowest BCUT2D eigenvalue weighted by atomic mass is 10.1. The molecule has 2 heterocycles. The van der Waals surface area contributed by atoms with Gasteiger partial charge >= 0.3 is 5.97 Å². The summed E-state index contributed by atoms with van der Waals surface area (Å²) in [5, 5.41) is 3.70. The van der Waals surface area contributed by atoms with E-state index in [1.165, 1.54) is 4.90 Å². The van der Waals surface area contributed by atoms with Crippen molar-refractivity contribution in [2.75, 3.05) is 6.54 Å². The molecule has 0 radical (unpaired) electrons. The number of carbonyl (C=O) groups is 3. The first-order valence-corrected chi connectivity index (χ1v) is 8.00. The molecule has 2 amide bonds. The van der Waals surface area contributed by atoms with Gasteiger partial charge in [0.1, 0.15) is 0 Å². The van der Waals surface area contributed by atoms with E-state index in [9.17, 15) is 14.4 Å². The summed E-state index contributed by atoms with van der Waals surface area (Å²) in [7, 11) is 0. The summed E-state index contributed by atoms with van der Waals surface area (Å²) in [4.78, 5) is 37.5. The highest BCUT2D eigenvalue weighted by Gasteiger charge is 2.34. The minimum atomic E-state index is -0.415. The minimum absolute atomic E-state index is 0.0198. The van der Waals surface area contributed by atoms with E-state index >= 15 is 0 Å². The van der Waals surface area contributed by atoms with Gasteiger partial charge in [-0.05, 0) is 32.4 Å². The highest BCUT2D eigenvalue weighted by molar-refractivity contribution is 6.21. The maximum absolute atomic E-state index is 12.3. The van der Waals surface area contributed by atoms with E-state index < -0.39 is 5.97 Å². The molecule has 1 aliphatic rings. The zero-order valence-electron chi connectivity index (χ0n) is 14.1. The van der Waals surface area contributed by atoms with Crippen molar-refractivity contribution in [3.05, 3.63) is 52.4 Å². The summed E-state index contributed by atoms with van der Waals surface area (Å²) in [6, 6.07) is 6.87. The smallest absolute Gasteiger partial charge is 0.306 e. The van der Waals surface area contributed by atoms with E-state index in [1.54, 1.807) is 31.2 Å². The lowest BCUT2D eigenvalue weighted by molar-refractivity contribution is -0.145. The Bertz CT molecular complexity index is 840. The Labute approximate surface area is 144 Å². The molecule has 0 atom stereocenters. The van der Waals surface area contributed by atoms with Gasteiger partial charge in [-0.25, -0.2) is 0 Å². The van der Waals surface area contributed by atoms with Crippen LogP contribution in [-0.4, -0.2) is 34.4 Å². The number of nitrogens with zero attached hydrogens (tertiary/aromatic N) is 2. The summed E-state index contributed by atoms with van der Waals surface area (Å²) < 4.78 is 10.0. The summed E-state index contributed by atoms with van der Waals surface area (Å²) in [6.07, 6.45) is 0.457. The van der Waals surface area contributed by atoms with Gasteiger partial charge in [0.2, 0.25) is 0 Å². The van der Waals surface area contributed by atoms with Gasteiger partial charge in [0.25, 0.3) is 11.8 Å². The van der Waals surface area contributed by atoms with E-state index in [-0.39, 0.29) is 31.4 Å². The van der Waals surface area contributed by atoms with Crippen LogP contribution in [0.3, 0.4) is 0 Å². The number of hydrogen-bond acceptors (Lipinski definition) is 6. The average Bonchev–Trinajstić information content (AvgIpc) is 3.09. The molecule has 2 aromatic rings. The average molecular weight is 342 g/mol. The van der Waals surface area contributed by atoms with Crippen LogP contribution in [0.25, 0.3) is 0 Å². The minimum Gasteiger partial charge on any atom is -0.457 e. The first-order chi connectivity index (χ1) is 12.0. The Morgan fingerprint density at radius 3 is 2.64 bits per heavy atom. The largest absolute Gasteiger partial charge is 0.457 e. The number of imide groups is 1. The number of aromatic nitrogens is 1. The van der Waals surface area contributed by atoms with Crippen molar-refractivity contribution in [3.8, 4) is 0 Å². The number of ether oxygens (including phenoxy) is 1. The first kappa shape index (κ1) is 16.9. The maximum Gasteiger partial charge on any atom is 0.306 e. The van der Waals surface area contributed by atoms with E-state index in [0.29, 0.717) is 29.0 Å². The van der Waals surface area contributed by atoms with Gasteiger partial charge in [0.15, 0.2) is 12.4 Å². The number of rotatable bonds is 6. The second-order valence-corrected chi connectivity index (χ2v) is 6.01. The van der Waals surface area contributed by atoms with Crippen LogP contribution in [0.2, 0.25) is 0 Å². The Morgan fingerprint density at radius 2 is 1.92 bits per heavy atom.